The molecule has 4 nitrogen and oxygen atoms in total. The number of nitrogens with zero attached hydrogens (tertiary/aromatic N) is 2. The molecule has 2 heterocycles. The molecule has 0 saturated carbocycles. The van der Waals surface area contributed by atoms with Crippen molar-refractivity contribution >= 4 is 17.6 Å². The van der Waals surface area contributed by atoms with Crippen LogP contribution in [-0.2, 0) is 12.8 Å². The monoisotopic (exact) mass is 252 g/mol. The van der Waals surface area contributed by atoms with E-state index in [-0.39, 0.29) is 0 Å². The zero-order valence-electron chi connectivity index (χ0n) is 10.3. The SMILES string of the molecule is CSCCCNc1ncnc2c1CCNCC2. The van der Waals surface area contributed by atoms with Crippen LogP contribution in [0, 0.1) is 0 Å². The summed E-state index contributed by atoms with van der Waals surface area (Å²) in [5.41, 5.74) is 2.51. The first kappa shape index (κ1) is 12.6. The van der Waals surface area contributed by atoms with Crippen molar-refractivity contribution < 1.29 is 0 Å². The van der Waals surface area contributed by atoms with Gasteiger partial charge in [-0.25, -0.2) is 9.97 Å². The molecule has 0 unspecified atom stereocenters. The van der Waals surface area contributed by atoms with Crippen LogP contribution in [0.1, 0.15) is 17.7 Å². The second-order valence-electron chi connectivity index (χ2n) is 4.17. The number of aromatic nitrogens is 2. The number of hydrogen-bond acceptors (Lipinski definition) is 5. The Morgan fingerprint density at radius 2 is 2.24 bits per heavy atom. The Balaban J connectivity index is 2.01. The lowest BCUT2D eigenvalue weighted by Gasteiger charge is -2.11. The van der Waals surface area contributed by atoms with E-state index in [1.807, 2.05) is 11.8 Å². The van der Waals surface area contributed by atoms with Gasteiger partial charge in [-0.2, -0.15) is 11.8 Å². The van der Waals surface area contributed by atoms with Crippen LogP contribution in [0.15, 0.2) is 6.33 Å². The van der Waals surface area contributed by atoms with E-state index in [2.05, 4.69) is 26.9 Å². The highest BCUT2D eigenvalue weighted by Gasteiger charge is 2.13. The van der Waals surface area contributed by atoms with Crippen molar-refractivity contribution in [3.63, 3.8) is 0 Å². The van der Waals surface area contributed by atoms with Crippen LogP contribution in [0.4, 0.5) is 5.82 Å². The first-order valence-corrected chi connectivity index (χ1v) is 7.57. The van der Waals surface area contributed by atoms with Crippen molar-refractivity contribution in [1.29, 1.82) is 0 Å². The van der Waals surface area contributed by atoms with Crippen LogP contribution in [0.3, 0.4) is 0 Å². The molecule has 1 aliphatic heterocycles. The maximum atomic E-state index is 4.39. The van der Waals surface area contributed by atoms with Gasteiger partial charge < -0.3 is 10.6 Å². The summed E-state index contributed by atoms with van der Waals surface area (Å²) in [4.78, 5) is 8.76. The molecular formula is C12H20N4S. The smallest absolute Gasteiger partial charge is 0.132 e. The van der Waals surface area contributed by atoms with Gasteiger partial charge >= 0.3 is 0 Å². The molecule has 0 saturated heterocycles. The van der Waals surface area contributed by atoms with Gasteiger partial charge in [0.25, 0.3) is 0 Å². The highest BCUT2D eigenvalue weighted by molar-refractivity contribution is 7.98. The van der Waals surface area contributed by atoms with Crippen molar-refractivity contribution in [3.8, 4) is 0 Å². The van der Waals surface area contributed by atoms with Gasteiger partial charge in [0.2, 0.25) is 0 Å². The third-order valence-electron chi connectivity index (χ3n) is 2.94. The predicted molar refractivity (Wildman–Crippen MR) is 73.8 cm³/mol. The topological polar surface area (TPSA) is 49.8 Å². The van der Waals surface area contributed by atoms with Crippen LogP contribution in [0.5, 0.6) is 0 Å². The summed E-state index contributed by atoms with van der Waals surface area (Å²) in [7, 11) is 0. The fraction of sp³-hybridized carbons (Fsp3) is 0.667. The van der Waals surface area contributed by atoms with Crippen molar-refractivity contribution in [2.24, 2.45) is 0 Å². The molecule has 0 atom stereocenters. The average Bonchev–Trinajstić information content (AvgIpc) is 2.60. The Labute approximate surface area is 107 Å². The summed E-state index contributed by atoms with van der Waals surface area (Å²) in [5, 5.41) is 6.84. The van der Waals surface area contributed by atoms with Gasteiger partial charge in [-0.3, -0.25) is 0 Å². The Morgan fingerprint density at radius 3 is 3.12 bits per heavy atom. The molecule has 1 aromatic heterocycles. The molecule has 0 fully saturated rings. The maximum Gasteiger partial charge on any atom is 0.132 e. The quantitative estimate of drug-likeness (QED) is 0.774. The molecule has 17 heavy (non-hydrogen) atoms. The number of thioether (sulfide) groups is 1. The molecule has 0 bridgehead atoms. The van der Waals surface area contributed by atoms with Crippen LogP contribution >= 0.6 is 11.8 Å². The molecule has 0 aromatic carbocycles. The molecule has 94 valence electrons. The fourth-order valence-electron chi connectivity index (χ4n) is 2.05. The van der Waals surface area contributed by atoms with Crippen molar-refractivity contribution in [1.82, 2.24) is 15.3 Å². The van der Waals surface area contributed by atoms with Crippen molar-refractivity contribution in [2.45, 2.75) is 19.3 Å². The van der Waals surface area contributed by atoms with Crippen molar-refractivity contribution in [2.75, 3.05) is 37.0 Å². The third-order valence-corrected chi connectivity index (χ3v) is 3.64. The molecule has 0 radical (unpaired) electrons. The van der Waals surface area contributed by atoms with Gasteiger partial charge in [0.15, 0.2) is 0 Å². The summed E-state index contributed by atoms with van der Waals surface area (Å²) < 4.78 is 0. The van der Waals surface area contributed by atoms with Crippen LogP contribution in [0.25, 0.3) is 0 Å². The van der Waals surface area contributed by atoms with E-state index in [4.69, 9.17) is 0 Å². The Bertz CT molecular complexity index is 356. The number of nitrogens with one attached hydrogen (secondary N) is 2. The van der Waals surface area contributed by atoms with Gasteiger partial charge in [0.1, 0.15) is 12.1 Å². The van der Waals surface area contributed by atoms with Gasteiger partial charge in [0, 0.05) is 25.1 Å². The van der Waals surface area contributed by atoms with Gasteiger partial charge in [-0.05, 0) is 31.4 Å². The Hall–Kier alpha value is -0.810. The Kier molecular flexibility index (Phi) is 5.07. The van der Waals surface area contributed by atoms with Crippen LogP contribution in [-0.4, -0.2) is 41.6 Å². The minimum atomic E-state index is 0.998. The van der Waals surface area contributed by atoms with Crippen molar-refractivity contribution in [3.05, 3.63) is 17.6 Å². The summed E-state index contributed by atoms with van der Waals surface area (Å²) in [6.07, 6.45) is 7.04. The zero-order chi connectivity index (χ0) is 11.9. The molecule has 0 amide bonds. The lowest BCUT2D eigenvalue weighted by molar-refractivity contribution is 0.708. The number of anilines is 1. The lowest BCUT2D eigenvalue weighted by atomic mass is 10.1. The summed E-state index contributed by atoms with van der Waals surface area (Å²) in [6.45, 7) is 3.05. The standard InChI is InChI=1S/C12H20N4S/c1-17-8-2-5-14-12-10-3-6-13-7-4-11(10)15-9-16-12/h9,13H,2-8H2,1H3,(H,14,15,16). The number of hydrogen-bond donors (Lipinski definition) is 2. The summed E-state index contributed by atoms with van der Waals surface area (Å²) in [5.74, 6) is 2.24. The molecule has 0 spiro atoms. The highest BCUT2D eigenvalue weighted by atomic mass is 32.2. The second-order valence-corrected chi connectivity index (χ2v) is 5.16. The Morgan fingerprint density at radius 1 is 1.35 bits per heavy atom. The minimum absolute atomic E-state index is 0.998. The lowest BCUT2D eigenvalue weighted by Crippen LogP contribution is -2.16. The minimum Gasteiger partial charge on any atom is -0.370 e. The molecular weight excluding hydrogens is 232 g/mol. The molecule has 5 heteroatoms. The maximum absolute atomic E-state index is 4.39. The van der Waals surface area contributed by atoms with E-state index in [0.29, 0.717) is 0 Å². The van der Waals surface area contributed by atoms with Crippen LogP contribution in [0.2, 0.25) is 0 Å². The molecule has 0 aliphatic carbocycles. The van der Waals surface area contributed by atoms with E-state index in [0.717, 1.165) is 38.3 Å². The fourth-order valence-corrected chi connectivity index (χ4v) is 2.48. The number of rotatable bonds is 5. The average molecular weight is 252 g/mol. The molecule has 1 aromatic rings. The van der Waals surface area contributed by atoms with Gasteiger partial charge in [-0.1, -0.05) is 0 Å². The van der Waals surface area contributed by atoms with Gasteiger partial charge in [-0.15, -0.1) is 0 Å². The highest BCUT2D eigenvalue weighted by Crippen LogP contribution is 2.17. The predicted octanol–water partition coefficient (Wildman–Crippen LogP) is 1.33. The number of fused-ring (bicyclic) bond motifs is 1. The third kappa shape index (κ3) is 3.57. The first-order valence-electron chi connectivity index (χ1n) is 6.18. The van der Waals surface area contributed by atoms with Gasteiger partial charge in [0.05, 0.1) is 5.69 Å². The molecule has 2 N–H and O–H groups in total. The largest absolute Gasteiger partial charge is 0.370 e. The van der Waals surface area contributed by atoms with E-state index < -0.39 is 0 Å². The van der Waals surface area contributed by atoms with E-state index in [1.165, 1.54) is 23.4 Å². The summed E-state index contributed by atoms with van der Waals surface area (Å²) in [6, 6.07) is 0. The van der Waals surface area contributed by atoms with E-state index in [1.54, 1.807) is 6.33 Å². The summed E-state index contributed by atoms with van der Waals surface area (Å²) >= 11 is 1.89. The molecule has 2 rings (SSSR count). The zero-order valence-corrected chi connectivity index (χ0v) is 11.1. The first-order chi connectivity index (χ1) is 8.42. The van der Waals surface area contributed by atoms with E-state index >= 15 is 0 Å². The molecule has 1 aliphatic rings. The van der Waals surface area contributed by atoms with Crippen LogP contribution < -0.4 is 10.6 Å². The second kappa shape index (κ2) is 6.81. The normalized spacial score (nSPS) is 15.1. The van der Waals surface area contributed by atoms with E-state index in [9.17, 15) is 0 Å².